The number of hydrogen-bond donors (Lipinski definition) is 0. The maximum Gasteiger partial charge on any atom is 0.360 e. The molecule has 0 atom stereocenters. The first-order chi connectivity index (χ1) is 7.71. The molecule has 1 rings (SSSR count). The van der Waals surface area contributed by atoms with Crippen LogP contribution in [0.1, 0.15) is 24.3 Å². The fourth-order valence-electron chi connectivity index (χ4n) is 1.39. The van der Waals surface area contributed by atoms with Gasteiger partial charge in [0.25, 0.3) is 0 Å². The number of esters is 1. The van der Waals surface area contributed by atoms with Crippen molar-refractivity contribution >= 4 is 5.97 Å². The van der Waals surface area contributed by atoms with Crippen LogP contribution >= 0.6 is 0 Å². The largest absolute Gasteiger partial charge is 0.464 e. The van der Waals surface area contributed by atoms with Gasteiger partial charge in [-0.15, -0.1) is 5.10 Å². The topological polar surface area (TPSA) is 60.2 Å². The number of carbonyl (C=O) groups excluding carboxylic acids is 1. The summed E-state index contributed by atoms with van der Waals surface area (Å²) in [5, 5.41) is 7.60. The van der Waals surface area contributed by atoms with Crippen LogP contribution in [0.15, 0.2) is 6.20 Å². The summed E-state index contributed by atoms with van der Waals surface area (Å²) in [6, 6.07) is 0. The fraction of sp³-hybridized carbons (Fsp3) is 0.700. The second kappa shape index (κ2) is 6.22. The lowest BCUT2D eigenvalue weighted by Crippen LogP contribution is -2.27. The number of methoxy groups -OCH3 is 1. The normalized spacial score (nSPS) is 10.8. The lowest BCUT2D eigenvalue weighted by molar-refractivity contribution is 0.0594. The molecule has 0 aromatic carbocycles. The Morgan fingerprint density at radius 2 is 2.19 bits per heavy atom. The van der Waals surface area contributed by atoms with E-state index in [4.69, 9.17) is 0 Å². The summed E-state index contributed by atoms with van der Waals surface area (Å²) in [5.74, 6) is -0.450. The molecule has 6 heteroatoms. The maximum atomic E-state index is 11.1. The molecule has 0 spiro atoms. The Hall–Kier alpha value is -1.43. The van der Waals surface area contributed by atoms with E-state index in [0.717, 1.165) is 26.2 Å². The zero-order chi connectivity index (χ0) is 12.0. The van der Waals surface area contributed by atoms with E-state index in [-0.39, 0.29) is 5.69 Å². The predicted octanol–water partition coefficient (Wildman–Crippen LogP) is 0.406. The van der Waals surface area contributed by atoms with Crippen molar-refractivity contribution < 1.29 is 9.53 Å². The Kier molecular flexibility index (Phi) is 4.91. The Morgan fingerprint density at radius 1 is 1.50 bits per heavy atom. The van der Waals surface area contributed by atoms with Gasteiger partial charge in [-0.1, -0.05) is 19.1 Å². The number of rotatable bonds is 6. The maximum absolute atomic E-state index is 11.1. The molecule has 1 aromatic rings. The van der Waals surface area contributed by atoms with E-state index >= 15 is 0 Å². The smallest absolute Gasteiger partial charge is 0.360 e. The van der Waals surface area contributed by atoms with E-state index in [9.17, 15) is 4.79 Å². The van der Waals surface area contributed by atoms with Gasteiger partial charge in [-0.3, -0.25) is 4.68 Å². The molecule has 0 fully saturated rings. The molecule has 0 amide bonds. The average Bonchev–Trinajstić information content (AvgIpc) is 2.78. The number of carbonyl (C=O) groups is 1. The minimum atomic E-state index is -0.450. The summed E-state index contributed by atoms with van der Waals surface area (Å²) in [5.41, 5.74) is 0.252. The molecule has 1 aromatic heterocycles. The average molecular weight is 226 g/mol. The summed E-state index contributed by atoms with van der Waals surface area (Å²) < 4.78 is 6.21. The first kappa shape index (κ1) is 12.6. The molecule has 0 unspecified atom stereocenters. The number of likely N-dealkylation sites (N-methyl/N-ethyl adjacent to an activating group) is 1. The van der Waals surface area contributed by atoms with Gasteiger partial charge < -0.3 is 9.64 Å². The van der Waals surface area contributed by atoms with Gasteiger partial charge in [-0.25, -0.2) is 4.79 Å². The molecule has 16 heavy (non-hydrogen) atoms. The molecule has 90 valence electrons. The van der Waals surface area contributed by atoms with Gasteiger partial charge >= 0.3 is 5.97 Å². The zero-order valence-corrected chi connectivity index (χ0v) is 10.0. The third-order valence-electron chi connectivity index (χ3n) is 2.47. The summed E-state index contributed by atoms with van der Waals surface area (Å²) in [4.78, 5) is 13.4. The fourth-order valence-corrected chi connectivity index (χ4v) is 1.39. The van der Waals surface area contributed by atoms with Gasteiger partial charge in [0.2, 0.25) is 0 Å². The quantitative estimate of drug-likeness (QED) is 0.657. The summed E-state index contributed by atoms with van der Waals surface area (Å²) in [6.07, 6.45) is 1.61. The first-order valence-corrected chi connectivity index (χ1v) is 5.42. The highest BCUT2D eigenvalue weighted by Gasteiger charge is 2.10. The molecular formula is C10H18N4O2. The van der Waals surface area contributed by atoms with Gasteiger partial charge in [-0.05, 0) is 13.1 Å². The summed E-state index contributed by atoms with van der Waals surface area (Å²) >= 11 is 0. The van der Waals surface area contributed by atoms with E-state index in [1.807, 2.05) is 0 Å². The Labute approximate surface area is 95.2 Å². The third kappa shape index (κ3) is 3.30. The lowest BCUT2D eigenvalue weighted by atomic mass is 10.4. The minimum Gasteiger partial charge on any atom is -0.464 e. The molecule has 0 bridgehead atoms. The number of ether oxygens (including phenoxy) is 1. The molecule has 0 aliphatic carbocycles. The van der Waals surface area contributed by atoms with Crippen molar-refractivity contribution in [3.63, 3.8) is 0 Å². The van der Waals surface area contributed by atoms with Crippen LogP contribution in [0.4, 0.5) is 0 Å². The highest BCUT2D eigenvalue weighted by molar-refractivity contribution is 5.86. The van der Waals surface area contributed by atoms with Crippen molar-refractivity contribution in [1.82, 2.24) is 19.9 Å². The Bertz CT molecular complexity index is 333. The molecule has 0 aliphatic rings. The van der Waals surface area contributed by atoms with E-state index < -0.39 is 5.97 Å². The van der Waals surface area contributed by atoms with Crippen LogP contribution in [0.5, 0.6) is 0 Å². The van der Waals surface area contributed by atoms with Crippen LogP contribution in [0.25, 0.3) is 0 Å². The third-order valence-corrected chi connectivity index (χ3v) is 2.47. The lowest BCUT2D eigenvalue weighted by Gasteiger charge is -2.17. The van der Waals surface area contributed by atoms with Gasteiger partial charge in [-0.2, -0.15) is 0 Å². The van der Waals surface area contributed by atoms with Crippen LogP contribution in [0.2, 0.25) is 0 Å². The summed E-state index contributed by atoms with van der Waals surface area (Å²) in [6.45, 7) is 7.88. The van der Waals surface area contributed by atoms with E-state index in [0.29, 0.717) is 0 Å². The zero-order valence-electron chi connectivity index (χ0n) is 10.0. The van der Waals surface area contributed by atoms with E-state index in [2.05, 4.69) is 33.8 Å². The SMILES string of the molecule is CCN(CC)CCn1cc(C(=O)OC)nn1. The van der Waals surface area contributed by atoms with Crippen molar-refractivity contribution in [2.24, 2.45) is 0 Å². The minimum absolute atomic E-state index is 0.252. The first-order valence-electron chi connectivity index (χ1n) is 5.42. The molecule has 0 saturated heterocycles. The van der Waals surface area contributed by atoms with Crippen LogP contribution in [-0.4, -0.2) is 52.6 Å². The van der Waals surface area contributed by atoms with E-state index in [1.54, 1.807) is 10.9 Å². The van der Waals surface area contributed by atoms with Gasteiger partial charge in [0.05, 0.1) is 19.9 Å². The number of nitrogens with zero attached hydrogens (tertiary/aromatic N) is 4. The van der Waals surface area contributed by atoms with Crippen molar-refractivity contribution in [1.29, 1.82) is 0 Å². The van der Waals surface area contributed by atoms with Crippen LogP contribution < -0.4 is 0 Å². The number of hydrogen-bond acceptors (Lipinski definition) is 5. The van der Waals surface area contributed by atoms with Gasteiger partial charge in [0.15, 0.2) is 5.69 Å². The predicted molar refractivity (Wildman–Crippen MR) is 59.1 cm³/mol. The molecule has 6 nitrogen and oxygen atoms in total. The van der Waals surface area contributed by atoms with Crippen LogP contribution in [-0.2, 0) is 11.3 Å². The standard InChI is InChI=1S/C10H18N4O2/c1-4-13(5-2)6-7-14-8-9(11-12-14)10(15)16-3/h8H,4-7H2,1-3H3. The van der Waals surface area contributed by atoms with Crippen LogP contribution in [0, 0.1) is 0 Å². The molecule has 0 radical (unpaired) electrons. The molecule has 0 aliphatic heterocycles. The van der Waals surface area contributed by atoms with E-state index in [1.165, 1.54) is 7.11 Å². The number of aromatic nitrogens is 3. The van der Waals surface area contributed by atoms with Crippen molar-refractivity contribution in [3.05, 3.63) is 11.9 Å². The monoisotopic (exact) mass is 226 g/mol. The molecule has 0 saturated carbocycles. The Balaban J connectivity index is 2.49. The van der Waals surface area contributed by atoms with Crippen LogP contribution in [0.3, 0.4) is 0 Å². The van der Waals surface area contributed by atoms with Crippen molar-refractivity contribution in [3.8, 4) is 0 Å². The second-order valence-corrected chi connectivity index (χ2v) is 3.39. The molecular weight excluding hydrogens is 208 g/mol. The molecule has 1 heterocycles. The van der Waals surface area contributed by atoms with Gasteiger partial charge in [0, 0.05) is 6.54 Å². The molecule has 0 N–H and O–H groups in total. The summed E-state index contributed by atoms with van der Waals surface area (Å²) in [7, 11) is 1.33. The van der Waals surface area contributed by atoms with Crippen molar-refractivity contribution in [2.45, 2.75) is 20.4 Å². The highest BCUT2D eigenvalue weighted by Crippen LogP contribution is 1.96. The Morgan fingerprint density at radius 3 is 2.75 bits per heavy atom. The van der Waals surface area contributed by atoms with Crippen molar-refractivity contribution in [2.75, 3.05) is 26.7 Å². The second-order valence-electron chi connectivity index (χ2n) is 3.39. The highest BCUT2D eigenvalue weighted by atomic mass is 16.5. The van der Waals surface area contributed by atoms with Gasteiger partial charge in [0.1, 0.15) is 0 Å².